The van der Waals surface area contributed by atoms with Crippen LogP contribution in [0.5, 0.6) is 0 Å². The second-order valence-corrected chi connectivity index (χ2v) is 18.4. The molecule has 0 unspecified atom stereocenters. The first-order chi connectivity index (χ1) is 30.7. The predicted molar refractivity (Wildman–Crippen MR) is 261 cm³/mol. The highest BCUT2D eigenvalue weighted by atomic mass is 15.2. The summed E-state index contributed by atoms with van der Waals surface area (Å²) in [6, 6.07) is 67.2. The highest BCUT2D eigenvalue weighted by Crippen LogP contribution is 2.53. The molecule has 12 rings (SSSR count). The van der Waals surface area contributed by atoms with Crippen LogP contribution >= 0.6 is 0 Å². The lowest BCUT2D eigenvalue weighted by atomic mass is 9.81. The molecule has 11 aromatic rings. The van der Waals surface area contributed by atoms with Crippen LogP contribution in [0.15, 0.2) is 188 Å². The smallest absolute Gasteiger partial charge is 0.238 e. The number of benzene rings is 8. The van der Waals surface area contributed by atoms with Crippen molar-refractivity contribution in [2.45, 2.75) is 44.9 Å². The van der Waals surface area contributed by atoms with Gasteiger partial charge in [-0.3, -0.25) is 4.57 Å². The average molecular weight is 812 g/mol. The predicted octanol–water partition coefficient (Wildman–Crippen LogP) is 14.7. The van der Waals surface area contributed by atoms with E-state index in [-0.39, 0.29) is 10.8 Å². The number of para-hydroxylation sites is 2. The molecule has 0 amide bonds. The van der Waals surface area contributed by atoms with Gasteiger partial charge in [-0.1, -0.05) is 198 Å². The summed E-state index contributed by atoms with van der Waals surface area (Å²) in [5.74, 6) is 1.81. The summed E-state index contributed by atoms with van der Waals surface area (Å²) in [6.07, 6.45) is 1.08. The summed E-state index contributed by atoms with van der Waals surface area (Å²) in [6.45, 7) is 9.62. The Balaban J connectivity index is 1.16. The zero-order valence-electron chi connectivity index (χ0n) is 35.8. The van der Waals surface area contributed by atoms with Crippen LogP contribution in [0.4, 0.5) is 0 Å². The molecule has 0 atom stereocenters. The van der Waals surface area contributed by atoms with Crippen molar-refractivity contribution in [3.63, 3.8) is 0 Å². The largest absolute Gasteiger partial charge is 0.307 e. The number of fused-ring (bicyclic) bond motifs is 8. The number of rotatable bonds is 6. The molecular formula is C58H45N5. The zero-order chi connectivity index (χ0) is 42.5. The van der Waals surface area contributed by atoms with E-state index in [4.69, 9.17) is 15.0 Å². The summed E-state index contributed by atoms with van der Waals surface area (Å²) in [5, 5.41) is 4.70. The second kappa shape index (κ2) is 13.9. The first kappa shape index (κ1) is 37.2. The van der Waals surface area contributed by atoms with Crippen LogP contribution in [0, 0.1) is 0 Å². The first-order valence-corrected chi connectivity index (χ1v) is 21.9. The fraction of sp³-hybridized carbons (Fsp3) is 0.121. The third-order valence-electron chi connectivity index (χ3n) is 13.4. The summed E-state index contributed by atoms with van der Waals surface area (Å²) >= 11 is 0. The molecule has 5 heteroatoms. The van der Waals surface area contributed by atoms with Crippen LogP contribution < -0.4 is 0 Å². The molecule has 0 radical (unpaired) electrons. The molecule has 0 N–H and O–H groups in total. The Kier molecular flexibility index (Phi) is 8.23. The van der Waals surface area contributed by atoms with E-state index < -0.39 is 0 Å². The molecule has 1 aliphatic carbocycles. The van der Waals surface area contributed by atoms with Crippen LogP contribution in [0.1, 0.15) is 45.2 Å². The van der Waals surface area contributed by atoms with E-state index >= 15 is 0 Å². The molecule has 0 bridgehead atoms. The summed E-state index contributed by atoms with van der Waals surface area (Å²) < 4.78 is 4.84. The standard InChI is InChI=1S/C58H45N5/c1-57(2)36-58(3,4)51-47(57)22-15-25-50(51)62-48-23-13-11-20-43(48)45-34-35-46-44-21-12-14-24-49(44)63(53(46)52(45)62)56-60-54(41-30-26-39(27-31-41)37-16-7-5-8-17-37)59-55(61-56)42-32-28-40(29-33-42)38-18-9-6-10-19-38/h5-35H,36H2,1-4H3. The molecule has 302 valence electrons. The lowest BCUT2D eigenvalue weighted by molar-refractivity contribution is 0.403. The van der Waals surface area contributed by atoms with Gasteiger partial charge in [0, 0.05) is 32.7 Å². The van der Waals surface area contributed by atoms with Gasteiger partial charge < -0.3 is 4.57 Å². The van der Waals surface area contributed by atoms with Gasteiger partial charge in [-0.25, -0.2) is 4.98 Å². The number of nitrogens with zero attached hydrogens (tertiary/aromatic N) is 5. The van der Waals surface area contributed by atoms with Gasteiger partial charge in [0.1, 0.15) is 0 Å². The van der Waals surface area contributed by atoms with Crippen LogP contribution in [0.2, 0.25) is 0 Å². The second-order valence-electron chi connectivity index (χ2n) is 18.4. The van der Waals surface area contributed by atoms with Crippen molar-refractivity contribution < 1.29 is 0 Å². The molecule has 5 nitrogen and oxygen atoms in total. The molecule has 3 aromatic heterocycles. The van der Waals surface area contributed by atoms with Gasteiger partial charge in [0.05, 0.1) is 27.8 Å². The maximum Gasteiger partial charge on any atom is 0.238 e. The van der Waals surface area contributed by atoms with Gasteiger partial charge in [-0.15, -0.1) is 0 Å². The van der Waals surface area contributed by atoms with E-state index in [1.54, 1.807) is 0 Å². The van der Waals surface area contributed by atoms with E-state index in [1.807, 2.05) is 12.1 Å². The molecule has 8 aromatic carbocycles. The molecule has 3 heterocycles. The summed E-state index contributed by atoms with van der Waals surface area (Å²) in [7, 11) is 0. The first-order valence-electron chi connectivity index (χ1n) is 21.9. The van der Waals surface area contributed by atoms with Crippen LogP contribution in [0.25, 0.3) is 100 Å². The third-order valence-corrected chi connectivity index (χ3v) is 13.4. The van der Waals surface area contributed by atoms with Crippen LogP contribution in [-0.4, -0.2) is 24.1 Å². The van der Waals surface area contributed by atoms with E-state index in [0.29, 0.717) is 17.6 Å². The van der Waals surface area contributed by atoms with Crippen molar-refractivity contribution >= 4 is 43.6 Å². The fourth-order valence-corrected chi connectivity index (χ4v) is 10.9. The fourth-order valence-electron chi connectivity index (χ4n) is 10.9. The van der Waals surface area contributed by atoms with E-state index in [1.165, 1.54) is 44.2 Å². The van der Waals surface area contributed by atoms with Crippen molar-refractivity contribution in [2.24, 2.45) is 0 Å². The Labute approximate surface area is 367 Å². The normalized spacial score (nSPS) is 14.2. The molecule has 0 saturated carbocycles. The lowest BCUT2D eigenvalue weighted by Gasteiger charge is -2.24. The number of hydrogen-bond acceptors (Lipinski definition) is 3. The molecular weight excluding hydrogens is 767 g/mol. The minimum Gasteiger partial charge on any atom is -0.307 e. The van der Waals surface area contributed by atoms with E-state index in [0.717, 1.165) is 56.0 Å². The number of aromatic nitrogens is 5. The molecule has 0 saturated heterocycles. The molecule has 0 spiro atoms. The third kappa shape index (κ3) is 5.87. The molecule has 1 aliphatic rings. The summed E-state index contributed by atoms with van der Waals surface area (Å²) in [5.41, 5.74) is 15.0. The minimum atomic E-state index is -0.0299. The van der Waals surface area contributed by atoms with Gasteiger partial charge in [-0.05, 0) is 68.8 Å². The quantitative estimate of drug-likeness (QED) is 0.168. The Bertz CT molecular complexity index is 3460. The van der Waals surface area contributed by atoms with Gasteiger partial charge in [-0.2, -0.15) is 9.97 Å². The molecule has 63 heavy (non-hydrogen) atoms. The summed E-state index contributed by atoms with van der Waals surface area (Å²) in [4.78, 5) is 16.1. The molecule has 0 fully saturated rings. The Morgan fingerprint density at radius 3 is 1.35 bits per heavy atom. The van der Waals surface area contributed by atoms with Gasteiger partial charge in [0.15, 0.2) is 11.6 Å². The maximum absolute atomic E-state index is 5.43. The Hall–Kier alpha value is -7.63. The lowest BCUT2D eigenvalue weighted by Crippen LogP contribution is -2.18. The van der Waals surface area contributed by atoms with E-state index in [9.17, 15) is 0 Å². The highest BCUT2D eigenvalue weighted by molar-refractivity contribution is 6.23. The van der Waals surface area contributed by atoms with E-state index in [2.05, 4.69) is 213 Å². The van der Waals surface area contributed by atoms with Gasteiger partial charge >= 0.3 is 0 Å². The van der Waals surface area contributed by atoms with Gasteiger partial charge in [0.25, 0.3) is 0 Å². The Morgan fingerprint density at radius 1 is 0.365 bits per heavy atom. The van der Waals surface area contributed by atoms with Crippen molar-refractivity contribution in [3.05, 3.63) is 199 Å². The highest BCUT2D eigenvalue weighted by Gasteiger charge is 2.44. The Morgan fingerprint density at radius 2 is 0.810 bits per heavy atom. The topological polar surface area (TPSA) is 48.5 Å². The SMILES string of the molecule is CC1(C)CC(C)(C)c2c(-n3c4ccccc4c4ccc5c6ccccc6n(-c6nc(-c7ccc(-c8ccccc8)cc7)nc(-c7ccc(-c8ccccc8)cc7)n6)c5c43)cccc21. The monoisotopic (exact) mass is 811 g/mol. The van der Waals surface area contributed by atoms with Crippen LogP contribution in [-0.2, 0) is 10.8 Å². The zero-order valence-corrected chi connectivity index (χ0v) is 35.8. The van der Waals surface area contributed by atoms with Gasteiger partial charge in [0.2, 0.25) is 5.95 Å². The van der Waals surface area contributed by atoms with Crippen molar-refractivity contribution in [2.75, 3.05) is 0 Å². The van der Waals surface area contributed by atoms with Crippen molar-refractivity contribution in [1.82, 2.24) is 24.1 Å². The van der Waals surface area contributed by atoms with Crippen molar-refractivity contribution in [1.29, 1.82) is 0 Å². The van der Waals surface area contributed by atoms with Crippen molar-refractivity contribution in [3.8, 4) is 56.7 Å². The number of hydrogen-bond donors (Lipinski definition) is 0. The maximum atomic E-state index is 5.43. The minimum absolute atomic E-state index is 0.0299. The average Bonchev–Trinajstić information content (AvgIpc) is 3.91. The molecule has 0 aliphatic heterocycles. The van der Waals surface area contributed by atoms with Crippen LogP contribution in [0.3, 0.4) is 0 Å².